The molecule has 2 heterocycles. The molecule has 5 rings (SSSR count). The molecule has 0 bridgehead atoms. The third-order valence-electron chi connectivity index (χ3n) is 8.53. The van der Waals surface area contributed by atoms with Gasteiger partial charge in [0.1, 0.15) is 11.5 Å². The Morgan fingerprint density at radius 3 is 2.65 bits per heavy atom. The van der Waals surface area contributed by atoms with Crippen LogP contribution in [0.3, 0.4) is 0 Å². The molecule has 2 aromatic rings. The van der Waals surface area contributed by atoms with E-state index in [0.29, 0.717) is 17.5 Å². The summed E-state index contributed by atoms with van der Waals surface area (Å²) in [5.41, 5.74) is 7.96. The number of aliphatic imine (C=N–C) groups is 1. The van der Waals surface area contributed by atoms with Gasteiger partial charge in [0.25, 0.3) is 0 Å². The lowest BCUT2D eigenvalue weighted by atomic mass is 9.82. The first-order valence-electron chi connectivity index (χ1n) is 13.1. The van der Waals surface area contributed by atoms with Crippen LogP contribution in [0.5, 0.6) is 0 Å². The lowest BCUT2D eigenvalue weighted by molar-refractivity contribution is 0.200. The summed E-state index contributed by atoms with van der Waals surface area (Å²) in [7, 11) is 2.19. The summed E-state index contributed by atoms with van der Waals surface area (Å²) in [5, 5.41) is 0. The topological polar surface area (TPSA) is 28.5 Å². The molecular formula is C30H40FN3. The van der Waals surface area contributed by atoms with Gasteiger partial charge in [0, 0.05) is 24.8 Å². The fourth-order valence-electron chi connectivity index (χ4n) is 5.82. The molecule has 1 aromatic heterocycles. The van der Waals surface area contributed by atoms with Crippen LogP contribution in [-0.2, 0) is 12.8 Å². The molecule has 2 aliphatic carbocycles. The quantitative estimate of drug-likeness (QED) is 0.426. The molecule has 182 valence electrons. The minimum absolute atomic E-state index is 0. The first kappa shape index (κ1) is 23.4. The Kier molecular flexibility index (Phi) is 6.70. The number of hydrogen-bond donors (Lipinski definition) is 0. The van der Waals surface area contributed by atoms with Gasteiger partial charge in [-0.25, -0.2) is 4.39 Å². The highest BCUT2D eigenvalue weighted by molar-refractivity contribution is 5.88. The second-order valence-electron chi connectivity index (χ2n) is 10.9. The number of aryl methyl sites for hydroxylation is 1. The smallest absolute Gasteiger partial charge is 0.149 e. The Morgan fingerprint density at radius 1 is 1.21 bits per heavy atom. The van der Waals surface area contributed by atoms with Crippen molar-refractivity contribution in [3.8, 4) is 0 Å². The van der Waals surface area contributed by atoms with Gasteiger partial charge in [-0.2, -0.15) is 0 Å². The van der Waals surface area contributed by atoms with Crippen molar-refractivity contribution in [2.24, 2.45) is 22.7 Å². The average molecular weight is 462 g/mol. The highest BCUT2D eigenvalue weighted by Crippen LogP contribution is 2.37. The van der Waals surface area contributed by atoms with Crippen molar-refractivity contribution in [3.63, 3.8) is 0 Å². The largest absolute Gasteiger partial charge is 0.306 e. The first-order valence-corrected chi connectivity index (χ1v) is 13.1. The van der Waals surface area contributed by atoms with Crippen LogP contribution in [0.1, 0.15) is 75.5 Å². The van der Waals surface area contributed by atoms with Gasteiger partial charge in [-0.1, -0.05) is 38.3 Å². The Balaban J connectivity index is 0.00000289. The lowest BCUT2D eigenvalue weighted by Crippen LogP contribution is -2.34. The molecule has 1 atom stereocenters. The summed E-state index contributed by atoms with van der Waals surface area (Å²) in [6, 6.07) is 8.13. The summed E-state index contributed by atoms with van der Waals surface area (Å²) in [4.78, 5) is 12.2. The van der Waals surface area contributed by atoms with Crippen LogP contribution < -0.4 is 0 Å². The highest BCUT2D eigenvalue weighted by atomic mass is 19.1. The molecule has 1 aliphatic heterocycles. The molecule has 1 saturated carbocycles. The summed E-state index contributed by atoms with van der Waals surface area (Å²) in [5.74, 6) is 1.59. The first-order chi connectivity index (χ1) is 16.4. The molecule has 2 fully saturated rings. The average Bonchev–Trinajstić information content (AvgIpc) is 3.22. The molecule has 0 spiro atoms. The molecule has 1 saturated heterocycles. The fourth-order valence-corrected chi connectivity index (χ4v) is 5.82. The number of likely N-dealkylation sites (tertiary alicyclic amines) is 1. The normalized spacial score (nSPS) is 20.7. The number of piperidine rings is 1. The summed E-state index contributed by atoms with van der Waals surface area (Å²) >= 11 is 0. The van der Waals surface area contributed by atoms with Gasteiger partial charge >= 0.3 is 0 Å². The zero-order valence-electron chi connectivity index (χ0n) is 21.2. The van der Waals surface area contributed by atoms with E-state index in [1.54, 1.807) is 6.07 Å². The third-order valence-corrected chi connectivity index (χ3v) is 8.53. The number of rotatable bonds is 6. The number of aromatic nitrogens is 1. The minimum atomic E-state index is -0.228. The summed E-state index contributed by atoms with van der Waals surface area (Å²) in [6.07, 6.45) is 10.6. The SMILES string of the molecule is CC(=Nc1c(C)cc(C2=CCc3nc(CC4CCC4)ccc32)cc1F)C(C)C1CCN(C)CC1.[HH]. The van der Waals surface area contributed by atoms with E-state index < -0.39 is 0 Å². The van der Waals surface area contributed by atoms with Crippen LogP contribution in [0.15, 0.2) is 35.3 Å². The number of benzene rings is 1. The van der Waals surface area contributed by atoms with Gasteiger partial charge in [0.15, 0.2) is 0 Å². The molecule has 3 nitrogen and oxygen atoms in total. The van der Waals surface area contributed by atoms with E-state index in [2.05, 4.69) is 50.1 Å². The van der Waals surface area contributed by atoms with E-state index in [1.165, 1.54) is 37.8 Å². The Bertz CT molecular complexity index is 1100. The second-order valence-corrected chi connectivity index (χ2v) is 10.9. The maximum atomic E-state index is 15.4. The predicted molar refractivity (Wildman–Crippen MR) is 141 cm³/mol. The Hall–Kier alpha value is -2.33. The molecule has 1 aromatic carbocycles. The Labute approximate surface area is 205 Å². The van der Waals surface area contributed by atoms with E-state index in [1.807, 2.05) is 6.92 Å². The van der Waals surface area contributed by atoms with Crippen LogP contribution in [-0.4, -0.2) is 35.7 Å². The van der Waals surface area contributed by atoms with Crippen molar-refractivity contribution in [2.45, 2.75) is 65.7 Å². The van der Waals surface area contributed by atoms with E-state index in [4.69, 9.17) is 9.98 Å². The number of allylic oxidation sites excluding steroid dienone is 1. The van der Waals surface area contributed by atoms with Crippen LogP contribution in [0.4, 0.5) is 10.1 Å². The number of pyridine rings is 1. The molecule has 3 aliphatic rings. The fraction of sp³-hybridized carbons (Fsp3) is 0.533. The molecule has 1 unspecified atom stereocenters. The van der Waals surface area contributed by atoms with Gasteiger partial charge in [-0.05, 0) is 106 Å². The molecule has 0 amide bonds. The van der Waals surface area contributed by atoms with Crippen LogP contribution in [0.2, 0.25) is 0 Å². The predicted octanol–water partition coefficient (Wildman–Crippen LogP) is 7.18. The van der Waals surface area contributed by atoms with E-state index >= 15 is 4.39 Å². The van der Waals surface area contributed by atoms with Crippen LogP contribution in [0.25, 0.3) is 5.57 Å². The summed E-state index contributed by atoms with van der Waals surface area (Å²) < 4.78 is 15.4. The lowest BCUT2D eigenvalue weighted by Gasteiger charge is -2.32. The van der Waals surface area contributed by atoms with Crippen molar-refractivity contribution < 1.29 is 5.82 Å². The van der Waals surface area contributed by atoms with Crippen molar-refractivity contribution in [2.75, 3.05) is 20.1 Å². The molecule has 0 N–H and O–H groups in total. The van der Waals surface area contributed by atoms with Crippen molar-refractivity contribution in [1.82, 2.24) is 9.88 Å². The second kappa shape index (κ2) is 9.73. The van der Waals surface area contributed by atoms with Crippen LogP contribution in [0, 0.1) is 30.5 Å². The minimum Gasteiger partial charge on any atom is -0.306 e. The van der Waals surface area contributed by atoms with Crippen molar-refractivity contribution in [3.05, 3.63) is 64.2 Å². The van der Waals surface area contributed by atoms with Gasteiger partial charge in [-0.3, -0.25) is 9.98 Å². The van der Waals surface area contributed by atoms with Crippen molar-refractivity contribution >= 4 is 17.0 Å². The standard InChI is InChI=1S/C30H38FN3.H2/c1-19-16-24(26-10-11-29-27(26)9-8-25(33-29)17-22-6-5-7-22)18-28(31)30(19)32-21(3)20(2)23-12-14-34(4)15-13-23;/h8-10,16,18,20,22-23H,5-7,11-15,17H2,1-4H3;1H. The maximum absolute atomic E-state index is 15.4. The summed E-state index contributed by atoms with van der Waals surface area (Å²) in [6.45, 7) is 8.58. The number of hydrogen-bond acceptors (Lipinski definition) is 3. The third kappa shape index (κ3) is 4.75. The van der Waals surface area contributed by atoms with Gasteiger partial charge in [0.2, 0.25) is 0 Å². The maximum Gasteiger partial charge on any atom is 0.149 e. The van der Waals surface area contributed by atoms with E-state index in [-0.39, 0.29) is 7.24 Å². The number of halogens is 1. The Morgan fingerprint density at radius 2 is 1.97 bits per heavy atom. The van der Waals surface area contributed by atoms with Gasteiger partial charge < -0.3 is 4.90 Å². The molecular weight excluding hydrogens is 421 g/mol. The zero-order valence-corrected chi connectivity index (χ0v) is 21.2. The van der Waals surface area contributed by atoms with Gasteiger partial charge in [0.05, 0.1) is 5.69 Å². The van der Waals surface area contributed by atoms with E-state index in [0.717, 1.165) is 65.5 Å². The molecule has 34 heavy (non-hydrogen) atoms. The van der Waals surface area contributed by atoms with Gasteiger partial charge in [-0.15, -0.1) is 0 Å². The van der Waals surface area contributed by atoms with E-state index in [9.17, 15) is 0 Å². The van der Waals surface area contributed by atoms with Crippen LogP contribution >= 0.6 is 0 Å². The molecule has 0 radical (unpaired) electrons. The monoisotopic (exact) mass is 461 g/mol. The van der Waals surface area contributed by atoms with Crippen molar-refractivity contribution in [1.29, 1.82) is 0 Å². The molecule has 4 heteroatoms. The highest BCUT2D eigenvalue weighted by Gasteiger charge is 2.25. The number of fused-ring (bicyclic) bond motifs is 1. The number of nitrogens with zero attached hydrogens (tertiary/aromatic N) is 3. The zero-order chi connectivity index (χ0) is 23.8.